The highest BCUT2D eigenvalue weighted by molar-refractivity contribution is 4.91. The fourth-order valence-electron chi connectivity index (χ4n) is 3.36. The molecule has 1 saturated carbocycles. The van der Waals surface area contributed by atoms with E-state index in [1.54, 1.807) is 0 Å². The lowest BCUT2D eigenvalue weighted by molar-refractivity contribution is 0.206. The molecule has 0 aromatic heterocycles. The molecule has 1 heteroatoms. The summed E-state index contributed by atoms with van der Waals surface area (Å²) in [6.07, 6.45) is 15.7. The van der Waals surface area contributed by atoms with E-state index < -0.39 is 0 Å². The fourth-order valence-corrected chi connectivity index (χ4v) is 3.36. The molecule has 0 saturated heterocycles. The van der Waals surface area contributed by atoms with Crippen molar-refractivity contribution in [2.45, 2.75) is 84.1 Å². The van der Waals surface area contributed by atoms with E-state index in [0.29, 0.717) is 5.41 Å². The van der Waals surface area contributed by atoms with Crippen molar-refractivity contribution in [3.8, 4) is 0 Å². The maximum Gasteiger partial charge on any atom is 0.0121 e. The zero-order chi connectivity index (χ0) is 13.3. The van der Waals surface area contributed by atoms with Gasteiger partial charge in [0.1, 0.15) is 0 Å². The van der Waals surface area contributed by atoms with E-state index in [-0.39, 0.29) is 0 Å². The van der Waals surface area contributed by atoms with Gasteiger partial charge in [-0.05, 0) is 50.5 Å². The summed E-state index contributed by atoms with van der Waals surface area (Å²) < 4.78 is 0. The Kier molecular flexibility index (Phi) is 7.65. The van der Waals surface area contributed by atoms with E-state index in [9.17, 15) is 0 Å². The Morgan fingerprint density at radius 1 is 1.22 bits per heavy atom. The van der Waals surface area contributed by atoms with Crippen LogP contribution in [-0.2, 0) is 0 Å². The summed E-state index contributed by atoms with van der Waals surface area (Å²) in [7, 11) is 0. The second-order valence-corrected chi connectivity index (χ2v) is 6.29. The number of nitrogens with one attached hydrogen (secondary N) is 1. The van der Waals surface area contributed by atoms with E-state index in [1.165, 1.54) is 70.8 Å². The van der Waals surface area contributed by atoms with Crippen molar-refractivity contribution >= 4 is 0 Å². The van der Waals surface area contributed by atoms with Crippen LogP contribution in [0.3, 0.4) is 0 Å². The first-order chi connectivity index (χ1) is 8.73. The summed E-state index contributed by atoms with van der Waals surface area (Å²) in [5, 5.41) is 3.82. The molecule has 18 heavy (non-hydrogen) atoms. The minimum Gasteiger partial charge on any atom is -0.313 e. The number of hydrogen-bond donors (Lipinski definition) is 1. The van der Waals surface area contributed by atoms with Gasteiger partial charge in [0.2, 0.25) is 0 Å². The van der Waals surface area contributed by atoms with Crippen molar-refractivity contribution in [3.63, 3.8) is 0 Å². The standard InChI is InChI=1S/C17H33N/c1-4-6-7-8-9-12-16(18-15-5-2)17(3)13-10-11-14-17/h4,16,18H,1,5-15H2,2-3H3. The summed E-state index contributed by atoms with van der Waals surface area (Å²) >= 11 is 0. The van der Waals surface area contributed by atoms with Gasteiger partial charge in [-0.2, -0.15) is 0 Å². The third-order valence-corrected chi connectivity index (χ3v) is 4.63. The Hall–Kier alpha value is -0.300. The van der Waals surface area contributed by atoms with Crippen LogP contribution >= 0.6 is 0 Å². The summed E-state index contributed by atoms with van der Waals surface area (Å²) in [5.74, 6) is 0. The van der Waals surface area contributed by atoms with Gasteiger partial charge in [0, 0.05) is 6.04 Å². The smallest absolute Gasteiger partial charge is 0.0121 e. The van der Waals surface area contributed by atoms with Crippen molar-refractivity contribution in [2.24, 2.45) is 5.41 Å². The van der Waals surface area contributed by atoms with Crippen LogP contribution in [0.2, 0.25) is 0 Å². The summed E-state index contributed by atoms with van der Waals surface area (Å²) in [5.41, 5.74) is 0.577. The minimum atomic E-state index is 0.577. The van der Waals surface area contributed by atoms with Crippen LogP contribution in [0.4, 0.5) is 0 Å². The lowest BCUT2D eigenvalue weighted by Crippen LogP contribution is -2.42. The molecular weight excluding hydrogens is 218 g/mol. The fraction of sp³-hybridized carbons (Fsp3) is 0.882. The van der Waals surface area contributed by atoms with Crippen LogP contribution in [0.5, 0.6) is 0 Å². The second kappa shape index (κ2) is 8.74. The Bertz CT molecular complexity index is 216. The van der Waals surface area contributed by atoms with Crippen LogP contribution < -0.4 is 5.32 Å². The monoisotopic (exact) mass is 251 g/mol. The lowest BCUT2D eigenvalue weighted by atomic mass is 9.78. The van der Waals surface area contributed by atoms with Crippen LogP contribution in [0.15, 0.2) is 12.7 Å². The predicted octanol–water partition coefficient (Wildman–Crippen LogP) is 5.07. The summed E-state index contributed by atoms with van der Waals surface area (Å²) in [6, 6.07) is 0.753. The number of rotatable bonds is 10. The predicted molar refractivity (Wildman–Crippen MR) is 81.9 cm³/mol. The molecule has 0 bridgehead atoms. The quantitative estimate of drug-likeness (QED) is 0.422. The van der Waals surface area contributed by atoms with E-state index in [4.69, 9.17) is 0 Å². The molecule has 0 heterocycles. The molecule has 1 aliphatic rings. The number of unbranched alkanes of at least 4 members (excludes halogenated alkanes) is 3. The SMILES string of the molecule is C=CCCCCCC(NCCC)C1(C)CCCC1. The van der Waals surface area contributed by atoms with Gasteiger partial charge in [-0.15, -0.1) is 6.58 Å². The molecule has 1 fully saturated rings. The maximum absolute atomic E-state index is 3.82. The first-order valence-electron chi connectivity index (χ1n) is 8.07. The number of hydrogen-bond acceptors (Lipinski definition) is 1. The van der Waals surface area contributed by atoms with Gasteiger partial charge >= 0.3 is 0 Å². The average molecular weight is 251 g/mol. The lowest BCUT2D eigenvalue weighted by Gasteiger charge is -2.35. The molecule has 0 radical (unpaired) electrons. The highest BCUT2D eigenvalue weighted by atomic mass is 14.9. The van der Waals surface area contributed by atoms with Gasteiger partial charge < -0.3 is 5.32 Å². The van der Waals surface area contributed by atoms with Crippen LogP contribution in [0, 0.1) is 5.41 Å². The van der Waals surface area contributed by atoms with Gasteiger partial charge in [-0.25, -0.2) is 0 Å². The van der Waals surface area contributed by atoms with Gasteiger partial charge in [0.05, 0.1) is 0 Å². The van der Waals surface area contributed by atoms with Crippen LogP contribution in [-0.4, -0.2) is 12.6 Å². The largest absolute Gasteiger partial charge is 0.313 e. The zero-order valence-corrected chi connectivity index (χ0v) is 12.6. The molecule has 1 aliphatic carbocycles. The molecule has 1 rings (SSSR count). The molecular formula is C17H33N. The molecule has 0 spiro atoms. The third-order valence-electron chi connectivity index (χ3n) is 4.63. The summed E-state index contributed by atoms with van der Waals surface area (Å²) in [6.45, 7) is 9.76. The molecule has 0 amide bonds. The van der Waals surface area contributed by atoms with Crippen molar-refractivity contribution in [2.75, 3.05) is 6.54 Å². The van der Waals surface area contributed by atoms with Gasteiger partial charge in [0.25, 0.3) is 0 Å². The molecule has 1 N–H and O–H groups in total. The number of allylic oxidation sites excluding steroid dienone is 1. The molecule has 0 aromatic carbocycles. The Morgan fingerprint density at radius 3 is 2.56 bits per heavy atom. The average Bonchev–Trinajstić information content (AvgIpc) is 2.80. The third kappa shape index (κ3) is 5.14. The zero-order valence-electron chi connectivity index (χ0n) is 12.6. The van der Waals surface area contributed by atoms with E-state index >= 15 is 0 Å². The van der Waals surface area contributed by atoms with Gasteiger partial charge in [-0.1, -0.05) is 45.6 Å². The van der Waals surface area contributed by atoms with Crippen molar-refractivity contribution in [1.82, 2.24) is 5.32 Å². The van der Waals surface area contributed by atoms with Crippen LogP contribution in [0.25, 0.3) is 0 Å². The molecule has 1 unspecified atom stereocenters. The summed E-state index contributed by atoms with van der Waals surface area (Å²) in [4.78, 5) is 0. The van der Waals surface area contributed by atoms with Crippen molar-refractivity contribution in [1.29, 1.82) is 0 Å². The van der Waals surface area contributed by atoms with Crippen molar-refractivity contribution in [3.05, 3.63) is 12.7 Å². The molecule has 0 aliphatic heterocycles. The first-order valence-corrected chi connectivity index (χ1v) is 8.07. The highest BCUT2D eigenvalue weighted by Gasteiger charge is 2.35. The van der Waals surface area contributed by atoms with Gasteiger partial charge in [-0.3, -0.25) is 0 Å². The Balaban J connectivity index is 2.32. The highest BCUT2D eigenvalue weighted by Crippen LogP contribution is 2.42. The van der Waals surface area contributed by atoms with E-state index in [0.717, 1.165) is 6.04 Å². The molecule has 1 atom stereocenters. The first kappa shape index (κ1) is 15.8. The Morgan fingerprint density at radius 2 is 1.94 bits per heavy atom. The Labute approximate surface area is 114 Å². The normalized spacial score (nSPS) is 19.9. The van der Waals surface area contributed by atoms with Crippen molar-refractivity contribution < 1.29 is 0 Å². The maximum atomic E-state index is 3.82. The van der Waals surface area contributed by atoms with E-state index in [2.05, 4.69) is 25.7 Å². The second-order valence-electron chi connectivity index (χ2n) is 6.29. The van der Waals surface area contributed by atoms with Gasteiger partial charge in [0.15, 0.2) is 0 Å². The molecule has 0 aromatic rings. The molecule has 106 valence electrons. The minimum absolute atomic E-state index is 0.577. The molecule has 1 nitrogen and oxygen atoms in total. The topological polar surface area (TPSA) is 12.0 Å². The van der Waals surface area contributed by atoms with E-state index in [1.807, 2.05) is 6.08 Å². The van der Waals surface area contributed by atoms with Crippen LogP contribution in [0.1, 0.15) is 78.1 Å².